The van der Waals surface area contributed by atoms with E-state index >= 15 is 0 Å². The van der Waals surface area contributed by atoms with Gasteiger partial charge in [-0.2, -0.15) is 0 Å². The Hall–Kier alpha value is -1.45. The van der Waals surface area contributed by atoms with Crippen LogP contribution in [-0.2, 0) is 14.3 Å². The zero-order chi connectivity index (χ0) is 9.56. The predicted molar refractivity (Wildman–Crippen MR) is 40.9 cm³/mol. The molecule has 12 heavy (non-hydrogen) atoms. The highest BCUT2D eigenvalue weighted by molar-refractivity contribution is 5.88. The SMILES string of the molecule is C=CC/C(C(=O)OC)=C(/[O-])OC. The lowest BCUT2D eigenvalue weighted by atomic mass is 10.2. The molecule has 68 valence electrons. The van der Waals surface area contributed by atoms with Crippen molar-refractivity contribution in [3.8, 4) is 0 Å². The monoisotopic (exact) mass is 171 g/mol. The van der Waals surface area contributed by atoms with E-state index in [-0.39, 0.29) is 12.0 Å². The Kier molecular flexibility index (Phi) is 4.60. The van der Waals surface area contributed by atoms with Gasteiger partial charge in [-0.3, -0.25) is 0 Å². The van der Waals surface area contributed by atoms with Crippen molar-refractivity contribution in [3.05, 3.63) is 24.2 Å². The number of hydrogen-bond acceptors (Lipinski definition) is 4. The van der Waals surface area contributed by atoms with Gasteiger partial charge in [0.05, 0.1) is 18.6 Å². The standard InChI is InChI=1S/C8H12O4/c1-4-5-6(7(9)11-2)8(10)12-3/h4,9H,1,5H2,2-3H3/p-1/b7-6+. The number of allylic oxidation sites excluding steroid dienone is 1. The van der Waals surface area contributed by atoms with Crippen LogP contribution in [0.15, 0.2) is 24.2 Å². The molecule has 0 bridgehead atoms. The first kappa shape index (κ1) is 10.6. The highest BCUT2D eigenvalue weighted by atomic mass is 16.6. The molecule has 0 heterocycles. The van der Waals surface area contributed by atoms with Gasteiger partial charge in [-0.15, -0.1) is 6.58 Å². The molecule has 0 radical (unpaired) electrons. The number of carbonyl (C=O) groups excluding carboxylic acids is 1. The fraction of sp³-hybridized carbons (Fsp3) is 0.375. The summed E-state index contributed by atoms with van der Waals surface area (Å²) < 4.78 is 8.73. The van der Waals surface area contributed by atoms with Crippen LogP contribution in [0.25, 0.3) is 0 Å². The van der Waals surface area contributed by atoms with Gasteiger partial charge >= 0.3 is 5.97 Å². The first-order chi connectivity index (χ1) is 5.67. The number of ether oxygens (including phenoxy) is 2. The maximum Gasteiger partial charge on any atom is 0.335 e. The average molecular weight is 171 g/mol. The van der Waals surface area contributed by atoms with Crippen LogP contribution in [0.2, 0.25) is 0 Å². The molecule has 0 aliphatic carbocycles. The first-order valence-corrected chi connectivity index (χ1v) is 3.30. The van der Waals surface area contributed by atoms with Crippen LogP contribution in [0.5, 0.6) is 0 Å². The topological polar surface area (TPSA) is 58.6 Å². The molecule has 0 unspecified atom stereocenters. The lowest BCUT2D eigenvalue weighted by molar-refractivity contribution is -0.355. The Morgan fingerprint density at radius 2 is 2.08 bits per heavy atom. The van der Waals surface area contributed by atoms with E-state index in [9.17, 15) is 9.90 Å². The Morgan fingerprint density at radius 3 is 2.42 bits per heavy atom. The van der Waals surface area contributed by atoms with Gasteiger partial charge in [0.15, 0.2) is 0 Å². The van der Waals surface area contributed by atoms with Crippen molar-refractivity contribution in [2.75, 3.05) is 14.2 Å². The van der Waals surface area contributed by atoms with Gasteiger partial charge in [0.1, 0.15) is 0 Å². The van der Waals surface area contributed by atoms with Gasteiger partial charge in [-0.25, -0.2) is 4.79 Å². The Labute approximate surface area is 71.1 Å². The Balaban J connectivity index is 4.63. The summed E-state index contributed by atoms with van der Waals surface area (Å²) in [5.74, 6) is -1.36. The zero-order valence-electron chi connectivity index (χ0n) is 7.12. The maximum atomic E-state index is 10.9. The van der Waals surface area contributed by atoms with Crippen molar-refractivity contribution in [3.63, 3.8) is 0 Å². The van der Waals surface area contributed by atoms with Crippen molar-refractivity contribution in [2.45, 2.75) is 6.42 Å². The van der Waals surface area contributed by atoms with E-state index < -0.39 is 11.9 Å². The van der Waals surface area contributed by atoms with E-state index in [0.717, 1.165) is 0 Å². The molecule has 4 heteroatoms. The van der Waals surface area contributed by atoms with Gasteiger partial charge < -0.3 is 14.6 Å². The van der Waals surface area contributed by atoms with Crippen LogP contribution in [-0.4, -0.2) is 20.2 Å². The molecule has 0 rings (SSSR count). The molecule has 0 saturated carbocycles. The minimum atomic E-state index is -0.679. The number of methoxy groups -OCH3 is 2. The summed E-state index contributed by atoms with van der Waals surface area (Å²) in [6.07, 6.45) is 1.59. The van der Waals surface area contributed by atoms with E-state index in [4.69, 9.17) is 0 Å². The lowest BCUT2D eigenvalue weighted by Crippen LogP contribution is -2.16. The molecule has 0 N–H and O–H groups in total. The molecule has 0 aromatic rings. The molecule has 4 nitrogen and oxygen atoms in total. The third-order valence-corrected chi connectivity index (χ3v) is 1.21. The Bertz CT molecular complexity index is 205. The second-order valence-corrected chi connectivity index (χ2v) is 1.95. The molecule has 0 atom stereocenters. The molecule has 0 fully saturated rings. The second-order valence-electron chi connectivity index (χ2n) is 1.95. The fourth-order valence-electron chi connectivity index (χ4n) is 0.641. The first-order valence-electron chi connectivity index (χ1n) is 3.30. The summed E-state index contributed by atoms with van der Waals surface area (Å²) in [5.41, 5.74) is -0.0463. The van der Waals surface area contributed by atoms with Gasteiger partial charge in [0.2, 0.25) is 0 Å². The third-order valence-electron chi connectivity index (χ3n) is 1.21. The third kappa shape index (κ3) is 2.65. The molecule has 0 aromatic heterocycles. The lowest BCUT2D eigenvalue weighted by Gasteiger charge is -2.13. The molecule has 0 amide bonds. The molecule has 0 spiro atoms. The highest BCUT2D eigenvalue weighted by Gasteiger charge is 2.09. The van der Waals surface area contributed by atoms with Gasteiger partial charge in [-0.05, 0) is 13.5 Å². The van der Waals surface area contributed by atoms with E-state index in [1.54, 1.807) is 0 Å². The summed E-state index contributed by atoms with van der Waals surface area (Å²) in [6, 6.07) is 0. The van der Waals surface area contributed by atoms with Crippen LogP contribution in [0.1, 0.15) is 6.42 Å². The summed E-state index contributed by atoms with van der Waals surface area (Å²) in [5, 5.41) is 10.9. The second kappa shape index (κ2) is 5.23. The molecule has 0 aromatic carbocycles. The largest absolute Gasteiger partial charge is 0.616 e. The quantitative estimate of drug-likeness (QED) is 0.257. The normalized spacial score (nSPS) is 11.5. The number of rotatable bonds is 4. The van der Waals surface area contributed by atoms with E-state index in [1.807, 2.05) is 0 Å². The molecule has 0 aliphatic heterocycles. The minimum Gasteiger partial charge on any atom is -0.616 e. The highest BCUT2D eigenvalue weighted by Crippen LogP contribution is 2.07. The summed E-state index contributed by atoms with van der Waals surface area (Å²) in [7, 11) is 2.41. The van der Waals surface area contributed by atoms with Crippen molar-refractivity contribution >= 4 is 5.97 Å². The van der Waals surface area contributed by atoms with Crippen molar-refractivity contribution < 1.29 is 19.4 Å². The van der Waals surface area contributed by atoms with E-state index in [1.165, 1.54) is 20.3 Å². The zero-order valence-corrected chi connectivity index (χ0v) is 7.12. The summed E-state index contributed by atoms with van der Waals surface area (Å²) >= 11 is 0. The summed E-state index contributed by atoms with van der Waals surface area (Å²) in [6.45, 7) is 3.40. The van der Waals surface area contributed by atoms with Crippen LogP contribution >= 0.6 is 0 Å². The molecule has 0 aliphatic rings. The molecular weight excluding hydrogens is 160 g/mol. The summed E-state index contributed by atoms with van der Waals surface area (Å²) in [4.78, 5) is 10.9. The maximum absolute atomic E-state index is 10.9. The molecular formula is C8H11O4-. The average Bonchev–Trinajstić information content (AvgIpc) is 2.11. The van der Waals surface area contributed by atoms with Crippen molar-refractivity contribution in [1.29, 1.82) is 0 Å². The van der Waals surface area contributed by atoms with Crippen molar-refractivity contribution in [1.82, 2.24) is 0 Å². The number of esters is 1. The molecule has 0 saturated heterocycles. The van der Waals surface area contributed by atoms with Gasteiger partial charge in [0, 0.05) is 0 Å². The predicted octanol–water partition coefficient (Wildman–Crippen LogP) is -0.0462. The van der Waals surface area contributed by atoms with Crippen LogP contribution < -0.4 is 5.11 Å². The number of carbonyl (C=O) groups is 1. The van der Waals surface area contributed by atoms with Crippen LogP contribution in [0.3, 0.4) is 0 Å². The van der Waals surface area contributed by atoms with Gasteiger partial charge in [0.25, 0.3) is 0 Å². The van der Waals surface area contributed by atoms with Crippen LogP contribution in [0, 0.1) is 0 Å². The number of hydrogen-bond donors (Lipinski definition) is 0. The van der Waals surface area contributed by atoms with Gasteiger partial charge in [-0.1, -0.05) is 6.08 Å². The Morgan fingerprint density at radius 1 is 1.50 bits per heavy atom. The van der Waals surface area contributed by atoms with E-state index in [0.29, 0.717) is 0 Å². The van der Waals surface area contributed by atoms with Crippen molar-refractivity contribution in [2.24, 2.45) is 0 Å². The van der Waals surface area contributed by atoms with Crippen LogP contribution in [0.4, 0.5) is 0 Å². The smallest absolute Gasteiger partial charge is 0.335 e. The minimum absolute atomic E-state index is 0.0463. The fourth-order valence-corrected chi connectivity index (χ4v) is 0.641. The van der Waals surface area contributed by atoms with E-state index in [2.05, 4.69) is 16.1 Å².